The molecule has 2 fully saturated rings. The fraction of sp³-hybridized carbons (Fsp3) is 1.00. The van der Waals surface area contributed by atoms with Crippen LogP contribution in [0.25, 0.3) is 0 Å². The molecule has 1 saturated carbocycles. The van der Waals surface area contributed by atoms with E-state index in [0.717, 1.165) is 24.8 Å². The molecule has 2 nitrogen and oxygen atoms in total. The van der Waals surface area contributed by atoms with Crippen LogP contribution in [-0.2, 0) is 10.8 Å². The fourth-order valence-electron chi connectivity index (χ4n) is 2.81. The van der Waals surface area contributed by atoms with Gasteiger partial charge in [0.1, 0.15) is 0 Å². The van der Waals surface area contributed by atoms with E-state index >= 15 is 0 Å². The van der Waals surface area contributed by atoms with Crippen LogP contribution in [0.2, 0.25) is 0 Å². The molecule has 2 aliphatic rings. The van der Waals surface area contributed by atoms with Crippen LogP contribution in [0.15, 0.2) is 0 Å². The quantitative estimate of drug-likeness (QED) is 0.798. The topological polar surface area (TPSA) is 29.1 Å². The number of hydrogen-bond acceptors (Lipinski definition) is 2. The summed E-state index contributed by atoms with van der Waals surface area (Å²) in [6.07, 6.45) is 6.41. The summed E-state index contributed by atoms with van der Waals surface area (Å²) >= 11 is 0. The van der Waals surface area contributed by atoms with Crippen LogP contribution in [-0.4, -0.2) is 28.3 Å². The minimum absolute atomic E-state index is 0.518. The third-order valence-electron chi connectivity index (χ3n) is 3.97. The lowest BCUT2D eigenvalue weighted by molar-refractivity contribution is 0.348. The van der Waals surface area contributed by atoms with E-state index in [1.165, 1.54) is 32.1 Å². The summed E-state index contributed by atoms with van der Waals surface area (Å²) in [6, 6.07) is 0. The van der Waals surface area contributed by atoms with E-state index in [9.17, 15) is 4.21 Å². The molecule has 0 aromatic heterocycles. The number of rotatable bonds is 4. The Morgan fingerprint density at radius 2 is 2.00 bits per heavy atom. The Bertz CT molecular complexity index is 228. The van der Waals surface area contributed by atoms with Gasteiger partial charge in [0.15, 0.2) is 0 Å². The smallest absolute Gasteiger partial charge is 0.0376 e. The highest BCUT2D eigenvalue weighted by Gasteiger charge is 2.30. The summed E-state index contributed by atoms with van der Waals surface area (Å²) in [5.41, 5.74) is 0. The van der Waals surface area contributed by atoms with Gasteiger partial charge in [0, 0.05) is 34.9 Å². The van der Waals surface area contributed by atoms with Crippen LogP contribution >= 0.6 is 0 Å². The number of hydrogen-bond donors (Lipinski definition) is 1. The van der Waals surface area contributed by atoms with Crippen LogP contribution in [0.3, 0.4) is 0 Å². The lowest BCUT2D eigenvalue weighted by Crippen LogP contribution is -2.46. The van der Waals surface area contributed by atoms with E-state index in [-0.39, 0.29) is 0 Å². The average Bonchev–Trinajstić information content (AvgIpc) is 2.23. The molecular weight excluding hydrogens is 206 g/mol. The molecule has 1 N–H and O–H groups in total. The molecule has 2 rings (SSSR count). The first-order chi connectivity index (χ1) is 7.31. The standard InChI is InChI=1S/C12H23NOS/c1-2-11-5-3-4-6-12(11)15(14)9-10-7-13-8-10/h10-13H,2-9H2,1H3. The second kappa shape index (κ2) is 5.44. The molecule has 1 aliphatic heterocycles. The Morgan fingerprint density at radius 1 is 1.27 bits per heavy atom. The predicted octanol–water partition coefficient (Wildman–Crippen LogP) is 1.92. The molecule has 88 valence electrons. The Hall–Kier alpha value is 0.110. The molecular formula is C12H23NOS. The molecule has 0 aromatic carbocycles. The van der Waals surface area contributed by atoms with Gasteiger partial charge < -0.3 is 5.32 Å². The predicted molar refractivity (Wildman–Crippen MR) is 65.4 cm³/mol. The molecule has 1 heterocycles. The summed E-state index contributed by atoms with van der Waals surface area (Å²) in [4.78, 5) is 0. The highest BCUT2D eigenvalue weighted by atomic mass is 32.2. The van der Waals surface area contributed by atoms with Crippen molar-refractivity contribution in [2.24, 2.45) is 11.8 Å². The second-order valence-electron chi connectivity index (χ2n) is 5.06. The van der Waals surface area contributed by atoms with Crippen molar-refractivity contribution in [3.63, 3.8) is 0 Å². The fourth-order valence-corrected chi connectivity index (χ4v) is 4.94. The van der Waals surface area contributed by atoms with Crippen molar-refractivity contribution in [1.82, 2.24) is 5.32 Å². The van der Waals surface area contributed by atoms with Gasteiger partial charge in [-0.15, -0.1) is 0 Å². The zero-order valence-corrected chi connectivity index (χ0v) is 10.5. The molecule has 0 radical (unpaired) electrons. The van der Waals surface area contributed by atoms with Gasteiger partial charge in [-0.05, 0) is 24.7 Å². The molecule has 3 unspecified atom stereocenters. The summed E-state index contributed by atoms with van der Waals surface area (Å²) in [5, 5.41) is 3.78. The van der Waals surface area contributed by atoms with E-state index in [2.05, 4.69) is 12.2 Å². The van der Waals surface area contributed by atoms with Gasteiger partial charge in [-0.2, -0.15) is 0 Å². The third kappa shape index (κ3) is 2.82. The monoisotopic (exact) mass is 229 g/mol. The highest BCUT2D eigenvalue weighted by molar-refractivity contribution is 7.85. The normalized spacial score (nSPS) is 34.7. The maximum absolute atomic E-state index is 12.3. The van der Waals surface area contributed by atoms with Gasteiger partial charge in [0.25, 0.3) is 0 Å². The summed E-state index contributed by atoms with van der Waals surface area (Å²) in [5.74, 6) is 2.40. The van der Waals surface area contributed by atoms with Gasteiger partial charge in [0.2, 0.25) is 0 Å². The number of nitrogens with one attached hydrogen (secondary N) is 1. The minimum atomic E-state index is -0.555. The zero-order valence-electron chi connectivity index (χ0n) is 9.71. The van der Waals surface area contributed by atoms with Crippen molar-refractivity contribution < 1.29 is 4.21 Å². The second-order valence-corrected chi connectivity index (χ2v) is 6.76. The van der Waals surface area contributed by atoms with Crippen molar-refractivity contribution in [3.05, 3.63) is 0 Å². The van der Waals surface area contributed by atoms with Gasteiger partial charge in [-0.3, -0.25) is 4.21 Å². The maximum Gasteiger partial charge on any atom is 0.0376 e. The molecule has 0 bridgehead atoms. The molecule has 0 spiro atoms. The van der Waals surface area contributed by atoms with E-state index < -0.39 is 10.8 Å². The summed E-state index contributed by atoms with van der Waals surface area (Å²) in [6.45, 7) is 4.44. The molecule has 0 aromatic rings. The summed E-state index contributed by atoms with van der Waals surface area (Å²) in [7, 11) is -0.555. The van der Waals surface area contributed by atoms with E-state index in [1.807, 2.05) is 0 Å². The van der Waals surface area contributed by atoms with E-state index in [0.29, 0.717) is 11.2 Å². The third-order valence-corrected chi connectivity index (χ3v) is 6.06. The van der Waals surface area contributed by atoms with Crippen LogP contribution in [0.5, 0.6) is 0 Å². The van der Waals surface area contributed by atoms with Gasteiger partial charge in [-0.25, -0.2) is 0 Å². The molecule has 3 atom stereocenters. The summed E-state index contributed by atoms with van der Waals surface area (Å²) < 4.78 is 12.3. The van der Waals surface area contributed by atoms with E-state index in [4.69, 9.17) is 0 Å². The highest BCUT2D eigenvalue weighted by Crippen LogP contribution is 2.31. The van der Waals surface area contributed by atoms with Crippen molar-refractivity contribution in [2.45, 2.75) is 44.3 Å². The first-order valence-corrected chi connectivity index (χ1v) is 7.77. The van der Waals surface area contributed by atoms with Crippen molar-refractivity contribution in [2.75, 3.05) is 18.8 Å². The van der Waals surface area contributed by atoms with Crippen LogP contribution in [0, 0.1) is 11.8 Å². The molecule has 3 heteroatoms. The van der Waals surface area contributed by atoms with Crippen molar-refractivity contribution >= 4 is 10.8 Å². The van der Waals surface area contributed by atoms with Gasteiger partial charge >= 0.3 is 0 Å². The van der Waals surface area contributed by atoms with Crippen LogP contribution in [0.1, 0.15) is 39.0 Å². The average molecular weight is 229 g/mol. The van der Waals surface area contributed by atoms with Gasteiger partial charge in [-0.1, -0.05) is 26.2 Å². The van der Waals surface area contributed by atoms with Crippen molar-refractivity contribution in [3.8, 4) is 0 Å². The Morgan fingerprint density at radius 3 is 2.60 bits per heavy atom. The van der Waals surface area contributed by atoms with Gasteiger partial charge in [0.05, 0.1) is 0 Å². The molecule has 15 heavy (non-hydrogen) atoms. The van der Waals surface area contributed by atoms with Crippen LogP contribution in [0.4, 0.5) is 0 Å². The largest absolute Gasteiger partial charge is 0.316 e. The Kier molecular flexibility index (Phi) is 4.21. The lowest BCUT2D eigenvalue weighted by Gasteiger charge is -2.33. The Balaban J connectivity index is 1.85. The first-order valence-electron chi connectivity index (χ1n) is 6.39. The molecule has 1 aliphatic carbocycles. The molecule has 0 amide bonds. The van der Waals surface area contributed by atoms with Crippen LogP contribution < -0.4 is 5.32 Å². The molecule has 1 saturated heterocycles. The minimum Gasteiger partial charge on any atom is -0.316 e. The van der Waals surface area contributed by atoms with Crippen molar-refractivity contribution in [1.29, 1.82) is 0 Å². The Labute approximate surface area is 95.7 Å². The lowest BCUT2D eigenvalue weighted by atomic mass is 9.87. The van der Waals surface area contributed by atoms with E-state index in [1.54, 1.807) is 0 Å². The SMILES string of the molecule is CCC1CCCCC1S(=O)CC1CNC1. The first kappa shape index (κ1) is 11.6. The maximum atomic E-state index is 12.3. The zero-order chi connectivity index (χ0) is 10.7.